The van der Waals surface area contributed by atoms with Gasteiger partial charge in [0.25, 0.3) is 0 Å². The van der Waals surface area contributed by atoms with Crippen LogP contribution >= 0.6 is 11.9 Å². The molecule has 0 saturated carbocycles. The summed E-state index contributed by atoms with van der Waals surface area (Å²) in [6.07, 6.45) is 9.91. The molecule has 0 aliphatic carbocycles. The lowest BCUT2D eigenvalue weighted by molar-refractivity contribution is 0.294. The Balaban J connectivity index is 0.00000141. The van der Waals surface area contributed by atoms with Crippen molar-refractivity contribution in [3.63, 3.8) is 0 Å². The summed E-state index contributed by atoms with van der Waals surface area (Å²) in [5.41, 5.74) is 1.70. The molecule has 1 aliphatic heterocycles. The van der Waals surface area contributed by atoms with Crippen molar-refractivity contribution in [2.75, 3.05) is 13.1 Å². The highest BCUT2D eigenvalue weighted by Gasteiger charge is 2.34. The number of halogens is 2. The van der Waals surface area contributed by atoms with E-state index >= 15 is 0 Å². The van der Waals surface area contributed by atoms with Crippen molar-refractivity contribution in [2.24, 2.45) is 5.92 Å². The quantitative estimate of drug-likeness (QED) is 0.331. The fourth-order valence-corrected chi connectivity index (χ4v) is 4.19. The lowest BCUT2D eigenvalue weighted by Crippen LogP contribution is -2.47. The SMILES string of the molecule is C=C/C(=C\C=C(/C)CC(C)C)SNC1(c2ccc(F)c(F)c2)CCNCC1.CCC. The fourth-order valence-electron chi connectivity index (χ4n) is 3.33. The first-order valence-corrected chi connectivity index (χ1v) is 11.7. The molecule has 1 aromatic rings. The molecule has 0 amide bonds. The van der Waals surface area contributed by atoms with Crippen molar-refractivity contribution in [3.8, 4) is 0 Å². The van der Waals surface area contributed by atoms with E-state index in [2.05, 4.69) is 63.4 Å². The summed E-state index contributed by atoms with van der Waals surface area (Å²) in [7, 11) is 0. The number of nitrogens with one attached hydrogen (secondary N) is 2. The summed E-state index contributed by atoms with van der Waals surface area (Å²) in [5, 5.41) is 3.33. The van der Waals surface area contributed by atoms with Crippen LogP contribution < -0.4 is 10.0 Å². The van der Waals surface area contributed by atoms with Crippen LogP contribution in [0.25, 0.3) is 0 Å². The van der Waals surface area contributed by atoms with Crippen molar-refractivity contribution >= 4 is 11.9 Å². The highest BCUT2D eigenvalue weighted by molar-refractivity contribution is 8.01. The molecule has 1 fully saturated rings. The van der Waals surface area contributed by atoms with Gasteiger partial charge in [-0.25, -0.2) is 13.5 Å². The maximum atomic E-state index is 13.8. The first kappa shape index (κ1) is 26.6. The van der Waals surface area contributed by atoms with Gasteiger partial charge in [0.1, 0.15) is 0 Å². The Labute approximate surface area is 186 Å². The number of benzene rings is 1. The molecule has 30 heavy (non-hydrogen) atoms. The van der Waals surface area contributed by atoms with Crippen LogP contribution in [0.5, 0.6) is 0 Å². The monoisotopic (exact) mass is 436 g/mol. The van der Waals surface area contributed by atoms with E-state index < -0.39 is 17.2 Å². The smallest absolute Gasteiger partial charge is 0.159 e. The molecule has 1 heterocycles. The highest BCUT2D eigenvalue weighted by atomic mass is 32.2. The Hall–Kier alpha value is -1.43. The van der Waals surface area contributed by atoms with Gasteiger partial charge < -0.3 is 5.32 Å². The molecule has 1 aliphatic rings. The van der Waals surface area contributed by atoms with Crippen LogP contribution in [0.1, 0.15) is 65.9 Å². The van der Waals surface area contributed by atoms with E-state index in [-0.39, 0.29) is 0 Å². The number of rotatable bonds is 8. The second-order valence-electron chi connectivity index (χ2n) is 8.26. The van der Waals surface area contributed by atoms with Crippen LogP contribution in [-0.4, -0.2) is 13.1 Å². The van der Waals surface area contributed by atoms with Crippen molar-refractivity contribution in [2.45, 2.75) is 65.8 Å². The first-order chi connectivity index (χ1) is 14.3. The fraction of sp³-hybridized carbons (Fsp3) is 0.520. The molecule has 1 saturated heterocycles. The molecule has 2 rings (SSSR count). The van der Waals surface area contributed by atoms with E-state index in [0.717, 1.165) is 42.8 Å². The molecule has 2 N–H and O–H groups in total. The Morgan fingerprint density at radius 1 is 1.20 bits per heavy atom. The average Bonchev–Trinajstić information content (AvgIpc) is 2.71. The summed E-state index contributed by atoms with van der Waals surface area (Å²) in [4.78, 5) is 0.999. The van der Waals surface area contributed by atoms with Gasteiger partial charge in [-0.1, -0.05) is 64.5 Å². The Bertz CT molecular complexity index is 720. The average molecular weight is 437 g/mol. The Morgan fingerprint density at radius 3 is 2.37 bits per heavy atom. The Morgan fingerprint density at radius 2 is 1.83 bits per heavy atom. The molecular weight excluding hydrogens is 398 g/mol. The first-order valence-electron chi connectivity index (χ1n) is 10.9. The topological polar surface area (TPSA) is 24.1 Å². The molecule has 0 unspecified atom stereocenters. The minimum Gasteiger partial charge on any atom is -0.317 e. The normalized spacial score (nSPS) is 16.8. The molecule has 0 atom stereocenters. The molecule has 2 nitrogen and oxygen atoms in total. The van der Waals surface area contributed by atoms with Gasteiger partial charge in [-0.3, -0.25) is 0 Å². The van der Waals surface area contributed by atoms with Crippen molar-refractivity contribution in [1.29, 1.82) is 0 Å². The van der Waals surface area contributed by atoms with E-state index in [1.165, 1.54) is 36.1 Å². The molecule has 1 aromatic carbocycles. The second-order valence-corrected chi connectivity index (χ2v) is 9.14. The minimum atomic E-state index is -0.812. The molecule has 168 valence electrons. The summed E-state index contributed by atoms with van der Waals surface area (Å²) in [5.74, 6) is -0.990. The molecule has 0 aromatic heterocycles. The molecule has 0 spiro atoms. The third-order valence-corrected chi connectivity index (χ3v) is 5.79. The number of piperidine rings is 1. The number of hydrogen-bond donors (Lipinski definition) is 2. The van der Waals surface area contributed by atoms with Gasteiger partial charge in [-0.15, -0.1) is 0 Å². The van der Waals surface area contributed by atoms with Gasteiger partial charge in [0, 0.05) is 4.91 Å². The van der Waals surface area contributed by atoms with E-state index in [4.69, 9.17) is 0 Å². The van der Waals surface area contributed by atoms with E-state index in [1.807, 2.05) is 6.08 Å². The number of hydrogen-bond acceptors (Lipinski definition) is 3. The van der Waals surface area contributed by atoms with E-state index in [0.29, 0.717) is 5.92 Å². The maximum Gasteiger partial charge on any atom is 0.159 e. The van der Waals surface area contributed by atoms with Gasteiger partial charge in [0.2, 0.25) is 0 Å². The highest BCUT2D eigenvalue weighted by Crippen LogP contribution is 2.35. The standard InChI is InChI=1S/C22H30F2N2S.C3H8/c1-5-19(8-6-17(4)14-16(2)3)27-26-22(10-12-25-13-11-22)18-7-9-20(23)21(24)15-18;1-3-2/h5-9,15-16,25-26H,1,10-14H2,2-4H3;3H2,1-2H3/b17-6+,19-8+;. The Kier molecular flexibility index (Phi) is 12.2. The molecule has 5 heteroatoms. The van der Waals surface area contributed by atoms with Crippen LogP contribution in [0.15, 0.2) is 53.5 Å². The largest absolute Gasteiger partial charge is 0.317 e. The lowest BCUT2D eigenvalue weighted by Gasteiger charge is -2.38. The van der Waals surface area contributed by atoms with Crippen LogP contribution in [0.3, 0.4) is 0 Å². The van der Waals surface area contributed by atoms with Crippen molar-refractivity contribution in [3.05, 3.63) is 70.7 Å². The van der Waals surface area contributed by atoms with Gasteiger partial charge in [0.15, 0.2) is 11.6 Å². The van der Waals surface area contributed by atoms with E-state index in [1.54, 1.807) is 6.07 Å². The lowest BCUT2D eigenvalue weighted by atomic mass is 9.82. The van der Waals surface area contributed by atoms with Gasteiger partial charge in [-0.05, 0) is 80.9 Å². The zero-order valence-corrected chi connectivity index (χ0v) is 20.0. The van der Waals surface area contributed by atoms with Gasteiger partial charge >= 0.3 is 0 Å². The predicted molar refractivity (Wildman–Crippen MR) is 128 cm³/mol. The van der Waals surface area contributed by atoms with Gasteiger partial charge in [-0.2, -0.15) is 0 Å². The maximum absolute atomic E-state index is 13.8. The summed E-state index contributed by atoms with van der Waals surface area (Å²) in [6.45, 7) is 16.3. The zero-order chi connectivity index (χ0) is 22.6. The third-order valence-electron chi connectivity index (χ3n) is 4.76. The van der Waals surface area contributed by atoms with Crippen LogP contribution in [0, 0.1) is 17.6 Å². The summed E-state index contributed by atoms with van der Waals surface area (Å²) < 4.78 is 30.7. The predicted octanol–water partition coefficient (Wildman–Crippen LogP) is 7.26. The van der Waals surface area contributed by atoms with E-state index in [9.17, 15) is 8.78 Å². The van der Waals surface area contributed by atoms with Crippen molar-refractivity contribution < 1.29 is 8.78 Å². The van der Waals surface area contributed by atoms with Crippen LogP contribution in [-0.2, 0) is 5.54 Å². The zero-order valence-electron chi connectivity index (χ0n) is 19.2. The molecule has 0 radical (unpaired) electrons. The second kappa shape index (κ2) is 13.8. The molecular formula is C25H38F2N2S. The summed E-state index contributed by atoms with van der Waals surface area (Å²) >= 11 is 1.50. The molecule has 0 bridgehead atoms. The van der Waals surface area contributed by atoms with Crippen LogP contribution in [0.2, 0.25) is 0 Å². The van der Waals surface area contributed by atoms with Gasteiger partial charge in [0.05, 0.1) is 5.54 Å². The summed E-state index contributed by atoms with van der Waals surface area (Å²) in [6, 6.07) is 4.21. The minimum absolute atomic E-state index is 0.400. The third kappa shape index (κ3) is 8.75. The van der Waals surface area contributed by atoms with Crippen LogP contribution in [0.4, 0.5) is 8.78 Å². The number of allylic oxidation sites excluding steroid dienone is 4. The van der Waals surface area contributed by atoms with Crippen molar-refractivity contribution in [1.82, 2.24) is 10.0 Å².